The Kier molecular flexibility index (Phi) is 7.04. The molecule has 1 heterocycles. The summed E-state index contributed by atoms with van der Waals surface area (Å²) in [6.07, 6.45) is 0. The summed E-state index contributed by atoms with van der Waals surface area (Å²) in [5.74, 6) is 0.170. The average molecular weight is 460 g/mol. The highest BCUT2D eigenvalue weighted by atomic mass is 32.2. The molecule has 1 unspecified atom stereocenters. The van der Waals surface area contributed by atoms with E-state index in [9.17, 15) is 9.59 Å². The molecular weight excluding hydrogens is 430 g/mol. The molecule has 0 spiro atoms. The van der Waals surface area contributed by atoms with Gasteiger partial charge in [-0.05, 0) is 36.8 Å². The third kappa shape index (κ3) is 5.06. The zero-order valence-electron chi connectivity index (χ0n) is 19.2. The normalized spacial score (nSPS) is 12.1. The first-order valence-corrected chi connectivity index (χ1v) is 12.2. The van der Waals surface area contributed by atoms with Crippen LogP contribution in [0.15, 0.2) is 77.7 Å². The Morgan fingerprint density at radius 1 is 0.970 bits per heavy atom. The van der Waals surface area contributed by atoms with E-state index in [2.05, 4.69) is 59.3 Å². The number of carbonyl (C=O) groups excluding carboxylic acids is 2. The smallest absolute Gasteiger partial charge is 0.246 e. The van der Waals surface area contributed by atoms with Gasteiger partial charge in [-0.2, -0.15) is 0 Å². The Bertz CT molecular complexity index is 1280. The minimum Gasteiger partial charge on any atom is -0.344 e. The van der Waals surface area contributed by atoms with Crippen molar-refractivity contribution < 1.29 is 9.59 Å². The van der Waals surface area contributed by atoms with Crippen LogP contribution in [0.5, 0.6) is 0 Å². The van der Waals surface area contributed by atoms with Crippen molar-refractivity contribution in [3.8, 4) is 0 Å². The maximum atomic E-state index is 13.1. The number of amides is 2. The van der Waals surface area contributed by atoms with Gasteiger partial charge < -0.3 is 14.8 Å². The lowest BCUT2D eigenvalue weighted by Gasteiger charge is -2.24. The highest BCUT2D eigenvalue weighted by molar-refractivity contribution is 7.99. The van der Waals surface area contributed by atoms with E-state index < -0.39 is 6.04 Å². The van der Waals surface area contributed by atoms with Crippen LogP contribution < -0.4 is 5.32 Å². The third-order valence-electron chi connectivity index (χ3n) is 5.79. The zero-order valence-corrected chi connectivity index (χ0v) is 20.1. The van der Waals surface area contributed by atoms with Gasteiger partial charge in [0.05, 0.1) is 0 Å². The van der Waals surface area contributed by atoms with E-state index in [1.54, 1.807) is 23.7 Å². The van der Waals surface area contributed by atoms with Gasteiger partial charge in [0, 0.05) is 59.5 Å². The van der Waals surface area contributed by atoms with Crippen LogP contribution in [0.3, 0.4) is 0 Å². The van der Waals surface area contributed by atoms with Gasteiger partial charge in [-0.1, -0.05) is 48.5 Å². The predicted octanol–water partition coefficient (Wildman–Crippen LogP) is 5.07. The van der Waals surface area contributed by atoms with Crippen molar-refractivity contribution in [2.45, 2.75) is 37.9 Å². The van der Waals surface area contributed by atoms with Crippen molar-refractivity contribution in [3.05, 3.63) is 78.4 Å². The summed E-state index contributed by atoms with van der Waals surface area (Å²) in [4.78, 5) is 27.7. The number of nitrogens with zero attached hydrogens (tertiary/aromatic N) is 2. The monoisotopic (exact) mass is 459 g/mol. The number of para-hydroxylation sites is 1. The van der Waals surface area contributed by atoms with E-state index in [-0.39, 0.29) is 11.8 Å². The first kappa shape index (κ1) is 22.9. The van der Waals surface area contributed by atoms with Gasteiger partial charge >= 0.3 is 0 Å². The van der Waals surface area contributed by atoms with Crippen LogP contribution in [0.25, 0.3) is 21.8 Å². The van der Waals surface area contributed by atoms with Gasteiger partial charge in [-0.3, -0.25) is 9.59 Å². The standard InChI is InChI=1S/C27H29N3O2S/c1-4-30-25-13-9-8-12-22(25)23-16-21(14-15-26(23)30)33-18-24(28-19(2)31)27(32)29(3)17-20-10-6-5-7-11-20/h5-16,24H,4,17-18H2,1-3H3,(H,28,31). The van der Waals surface area contributed by atoms with Gasteiger partial charge in [0.25, 0.3) is 0 Å². The summed E-state index contributed by atoms with van der Waals surface area (Å²) in [5.41, 5.74) is 3.49. The second-order valence-corrected chi connectivity index (χ2v) is 9.28. The molecule has 0 saturated carbocycles. The maximum absolute atomic E-state index is 13.1. The SMILES string of the molecule is CCn1c2ccccc2c2cc(SCC(NC(C)=O)C(=O)N(C)Cc3ccccc3)ccc21. The molecule has 0 bridgehead atoms. The first-order chi connectivity index (χ1) is 16.0. The van der Waals surface area contributed by atoms with Crippen LogP contribution >= 0.6 is 11.8 Å². The number of rotatable bonds is 8. The fourth-order valence-electron chi connectivity index (χ4n) is 4.26. The second kappa shape index (κ2) is 10.1. The summed E-state index contributed by atoms with van der Waals surface area (Å²) in [5, 5.41) is 5.28. The quantitative estimate of drug-likeness (QED) is 0.374. The van der Waals surface area contributed by atoms with Gasteiger partial charge in [-0.25, -0.2) is 0 Å². The molecule has 170 valence electrons. The van der Waals surface area contributed by atoms with Crippen molar-refractivity contribution in [1.29, 1.82) is 0 Å². The molecule has 0 aliphatic rings. The molecular formula is C27H29N3O2S. The van der Waals surface area contributed by atoms with Crippen LogP contribution in [0.4, 0.5) is 0 Å². The van der Waals surface area contributed by atoms with Crippen LogP contribution in [-0.4, -0.2) is 40.1 Å². The number of aromatic nitrogens is 1. The van der Waals surface area contributed by atoms with Crippen molar-refractivity contribution in [2.24, 2.45) is 0 Å². The van der Waals surface area contributed by atoms with Crippen LogP contribution in [0.2, 0.25) is 0 Å². The zero-order chi connectivity index (χ0) is 23.4. The van der Waals surface area contributed by atoms with Crippen molar-refractivity contribution >= 4 is 45.4 Å². The lowest BCUT2D eigenvalue weighted by molar-refractivity contribution is -0.134. The molecule has 2 amide bonds. The summed E-state index contributed by atoms with van der Waals surface area (Å²) in [6, 6.07) is 24.2. The minimum atomic E-state index is -0.589. The van der Waals surface area contributed by atoms with E-state index in [1.807, 2.05) is 30.3 Å². The maximum Gasteiger partial charge on any atom is 0.246 e. The van der Waals surface area contributed by atoms with Crippen LogP contribution in [-0.2, 0) is 22.7 Å². The topological polar surface area (TPSA) is 54.3 Å². The molecule has 6 heteroatoms. The van der Waals surface area contributed by atoms with Crippen LogP contribution in [0.1, 0.15) is 19.4 Å². The molecule has 0 saturated heterocycles. The third-order valence-corrected chi connectivity index (χ3v) is 6.88. The summed E-state index contributed by atoms with van der Waals surface area (Å²) in [7, 11) is 1.78. The van der Waals surface area contributed by atoms with Crippen molar-refractivity contribution in [2.75, 3.05) is 12.8 Å². The lowest BCUT2D eigenvalue weighted by atomic mass is 10.1. The summed E-state index contributed by atoms with van der Waals surface area (Å²) < 4.78 is 2.32. The molecule has 0 fully saturated rings. The molecule has 0 aliphatic carbocycles. The number of thioether (sulfide) groups is 1. The van der Waals surface area contributed by atoms with E-state index in [0.717, 1.165) is 17.0 Å². The molecule has 4 rings (SSSR count). The lowest BCUT2D eigenvalue weighted by Crippen LogP contribution is -2.48. The molecule has 1 aromatic heterocycles. The molecule has 5 nitrogen and oxygen atoms in total. The number of fused-ring (bicyclic) bond motifs is 3. The van der Waals surface area contributed by atoms with Gasteiger partial charge in [-0.15, -0.1) is 11.8 Å². The van der Waals surface area contributed by atoms with Crippen LogP contribution in [0, 0.1) is 0 Å². The molecule has 1 N–H and O–H groups in total. The van der Waals surface area contributed by atoms with E-state index in [1.165, 1.54) is 28.7 Å². The molecule has 4 aromatic rings. The Balaban J connectivity index is 1.53. The van der Waals surface area contributed by atoms with E-state index in [0.29, 0.717) is 12.3 Å². The number of carbonyl (C=O) groups is 2. The number of nitrogens with one attached hydrogen (secondary N) is 1. The molecule has 0 radical (unpaired) electrons. The second-order valence-electron chi connectivity index (χ2n) is 8.18. The highest BCUT2D eigenvalue weighted by Crippen LogP contribution is 2.32. The van der Waals surface area contributed by atoms with Gasteiger partial charge in [0.15, 0.2) is 0 Å². The van der Waals surface area contributed by atoms with E-state index in [4.69, 9.17) is 0 Å². The number of benzene rings is 3. The van der Waals surface area contributed by atoms with E-state index >= 15 is 0 Å². The van der Waals surface area contributed by atoms with Gasteiger partial charge in [0.2, 0.25) is 11.8 Å². The number of hydrogen-bond donors (Lipinski definition) is 1. The predicted molar refractivity (Wildman–Crippen MR) is 136 cm³/mol. The Hall–Kier alpha value is -3.25. The fourth-order valence-corrected chi connectivity index (χ4v) is 5.21. The number of aryl methyl sites for hydroxylation is 1. The molecule has 0 aliphatic heterocycles. The summed E-state index contributed by atoms with van der Waals surface area (Å²) in [6.45, 7) is 5.02. The molecule has 33 heavy (non-hydrogen) atoms. The number of likely N-dealkylation sites (N-methyl/N-ethyl adjacent to an activating group) is 1. The molecule has 3 aromatic carbocycles. The highest BCUT2D eigenvalue weighted by Gasteiger charge is 2.23. The molecule has 1 atom stereocenters. The Morgan fingerprint density at radius 3 is 2.39 bits per heavy atom. The number of hydrogen-bond acceptors (Lipinski definition) is 3. The Morgan fingerprint density at radius 2 is 1.67 bits per heavy atom. The van der Waals surface area contributed by atoms with Gasteiger partial charge in [0.1, 0.15) is 6.04 Å². The summed E-state index contributed by atoms with van der Waals surface area (Å²) >= 11 is 1.59. The Labute approximate surface area is 198 Å². The first-order valence-electron chi connectivity index (χ1n) is 11.2. The van der Waals surface area contributed by atoms with Crippen molar-refractivity contribution in [1.82, 2.24) is 14.8 Å². The van der Waals surface area contributed by atoms with Crippen molar-refractivity contribution in [3.63, 3.8) is 0 Å². The average Bonchev–Trinajstić information content (AvgIpc) is 3.14. The largest absolute Gasteiger partial charge is 0.344 e. The minimum absolute atomic E-state index is 0.0924. The fraction of sp³-hybridized carbons (Fsp3) is 0.259.